The van der Waals surface area contributed by atoms with Crippen LogP contribution in [0.2, 0.25) is 0 Å². The van der Waals surface area contributed by atoms with E-state index in [9.17, 15) is 4.79 Å². The molecule has 0 amide bonds. The lowest BCUT2D eigenvalue weighted by Crippen LogP contribution is -2.01. The Bertz CT molecular complexity index is 93.3. The predicted octanol–water partition coefficient (Wildman–Crippen LogP) is 0.964. The van der Waals surface area contributed by atoms with Crippen LogP contribution in [0, 0.1) is 0 Å². The number of carbonyl (C=O) groups excluding carboxylic acids is 1. The van der Waals surface area contributed by atoms with Gasteiger partial charge in [0, 0.05) is 0 Å². The van der Waals surface area contributed by atoms with Crippen LogP contribution >= 0.6 is 12.4 Å². The molecule has 1 rings (SSSR count). The largest absolute Gasteiger partial charge is 0.508 e. The molecule has 0 aromatic carbocycles. The summed E-state index contributed by atoms with van der Waals surface area (Å²) in [7, 11) is 0. The summed E-state index contributed by atoms with van der Waals surface area (Å²) in [5.41, 5.74) is 0. The number of rotatable bonds is 0. The molecule has 1 aliphatic heterocycles. The van der Waals surface area contributed by atoms with Crippen molar-refractivity contribution in [1.82, 2.24) is 0 Å². The van der Waals surface area contributed by atoms with Gasteiger partial charge in [0.2, 0.25) is 0 Å². The lowest BCUT2D eigenvalue weighted by molar-refractivity contribution is 0.121. The topological polar surface area (TPSA) is 35.5 Å². The zero-order valence-electron chi connectivity index (χ0n) is 4.42. The summed E-state index contributed by atoms with van der Waals surface area (Å²) in [6.07, 6.45) is -0.597. The number of hydrogen-bond acceptors (Lipinski definition) is 3. The van der Waals surface area contributed by atoms with Gasteiger partial charge < -0.3 is 9.47 Å². The van der Waals surface area contributed by atoms with Crippen LogP contribution in [0.15, 0.2) is 0 Å². The van der Waals surface area contributed by atoms with E-state index < -0.39 is 6.16 Å². The van der Waals surface area contributed by atoms with E-state index in [0.29, 0.717) is 6.61 Å². The summed E-state index contributed by atoms with van der Waals surface area (Å²) in [4.78, 5) is 10.0. The second kappa shape index (κ2) is 2.77. The average Bonchev–Trinajstić information content (AvgIpc) is 1.87. The summed E-state index contributed by atoms with van der Waals surface area (Å²) in [5, 5.41) is 0. The van der Waals surface area contributed by atoms with Crippen LogP contribution in [0.5, 0.6) is 0 Å². The van der Waals surface area contributed by atoms with Crippen LogP contribution in [-0.4, -0.2) is 18.9 Å². The van der Waals surface area contributed by atoms with Gasteiger partial charge in [-0.3, -0.25) is 0 Å². The fourth-order valence-corrected chi connectivity index (χ4v) is 0.418. The monoisotopic (exact) mass is 138 g/mol. The molecule has 0 aromatic rings. The quantitative estimate of drug-likeness (QED) is 0.468. The standard InChI is InChI=1S/C4H6O3.ClH/c1-3-2-6-4(5)7-3;/h3H,2H2,1H3;1H. The van der Waals surface area contributed by atoms with Crippen LogP contribution < -0.4 is 0 Å². The first-order chi connectivity index (χ1) is 3.29. The lowest BCUT2D eigenvalue weighted by atomic mass is 10.5. The van der Waals surface area contributed by atoms with Crippen molar-refractivity contribution >= 4 is 18.6 Å². The number of halogens is 1. The van der Waals surface area contributed by atoms with E-state index in [-0.39, 0.29) is 18.5 Å². The molecular weight excluding hydrogens is 131 g/mol. The molecule has 1 saturated heterocycles. The molecule has 0 aliphatic carbocycles. The molecule has 1 fully saturated rings. The second-order valence-electron chi connectivity index (χ2n) is 1.49. The Morgan fingerprint density at radius 1 is 1.75 bits per heavy atom. The highest BCUT2D eigenvalue weighted by molar-refractivity contribution is 5.85. The Labute approximate surface area is 53.4 Å². The molecule has 48 valence electrons. The minimum absolute atomic E-state index is 0. The zero-order chi connectivity index (χ0) is 5.28. The third kappa shape index (κ3) is 1.58. The van der Waals surface area contributed by atoms with Gasteiger partial charge in [-0.15, -0.1) is 12.4 Å². The van der Waals surface area contributed by atoms with Gasteiger partial charge in [-0.1, -0.05) is 0 Å². The molecule has 0 bridgehead atoms. The van der Waals surface area contributed by atoms with E-state index in [0.717, 1.165) is 0 Å². The molecule has 0 saturated carbocycles. The molecular formula is C4H7ClO3. The minimum atomic E-state index is -0.549. The van der Waals surface area contributed by atoms with Crippen molar-refractivity contribution in [3.8, 4) is 0 Å². The fourth-order valence-electron chi connectivity index (χ4n) is 0.418. The highest BCUT2D eigenvalue weighted by Gasteiger charge is 2.19. The van der Waals surface area contributed by atoms with Crippen LogP contribution in [0.4, 0.5) is 4.79 Å². The molecule has 1 aliphatic rings. The first kappa shape index (κ1) is 7.56. The Morgan fingerprint density at radius 2 is 2.38 bits per heavy atom. The van der Waals surface area contributed by atoms with Crippen molar-refractivity contribution in [2.45, 2.75) is 13.0 Å². The summed E-state index contributed by atoms with van der Waals surface area (Å²) < 4.78 is 8.90. The van der Waals surface area contributed by atoms with E-state index in [2.05, 4.69) is 9.47 Å². The maximum atomic E-state index is 10.0. The average molecular weight is 139 g/mol. The van der Waals surface area contributed by atoms with Crippen LogP contribution in [0.3, 0.4) is 0 Å². The van der Waals surface area contributed by atoms with Gasteiger partial charge in [0.05, 0.1) is 0 Å². The number of cyclic esters (lactones) is 2. The molecule has 0 spiro atoms. The van der Waals surface area contributed by atoms with Crippen molar-refractivity contribution in [2.75, 3.05) is 6.61 Å². The molecule has 0 aromatic heterocycles. The van der Waals surface area contributed by atoms with Crippen molar-refractivity contribution < 1.29 is 14.3 Å². The molecule has 1 unspecified atom stereocenters. The van der Waals surface area contributed by atoms with Crippen LogP contribution in [-0.2, 0) is 9.47 Å². The van der Waals surface area contributed by atoms with Gasteiger partial charge >= 0.3 is 6.16 Å². The molecule has 1 atom stereocenters. The molecule has 4 heteroatoms. The maximum absolute atomic E-state index is 10.0. The van der Waals surface area contributed by atoms with Crippen molar-refractivity contribution in [3.05, 3.63) is 0 Å². The zero-order valence-corrected chi connectivity index (χ0v) is 5.23. The molecule has 0 N–H and O–H groups in total. The SMILES string of the molecule is CC1COC(=O)O1.Cl. The molecule has 8 heavy (non-hydrogen) atoms. The summed E-state index contributed by atoms with van der Waals surface area (Å²) in [6.45, 7) is 2.18. The summed E-state index contributed by atoms with van der Waals surface area (Å²) in [6, 6.07) is 0. The fraction of sp³-hybridized carbons (Fsp3) is 0.750. The van der Waals surface area contributed by atoms with E-state index in [1.807, 2.05) is 0 Å². The second-order valence-corrected chi connectivity index (χ2v) is 1.49. The Morgan fingerprint density at radius 3 is 2.50 bits per heavy atom. The van der Waals surface area contributed by atoms with Crippen molar-refractivity contribution in [2.24, 2.45) is 0 Å². The molecule has 1 heterocycles. The maximum Gasteiger partial charge on any atom is 0.508 e. The van der Waals surface area contributed by atoms with Gasteiger partial charge in [-0.2, -0.15) is 0 Å². The molecule has 0 radical (unpaired) electrons. The third-order valence-electron chi connectivity index (χ3n) is 0.733. The predicted molar refractivity (Wildman–Crippen MR) is 29.1 cm³/mol. The first-order valence-corrected chi connectivity index (χ1v) is 2.12. The third-order valence-corrected chi connectivity index (χ3v) is 0.733. The number of ether oxygens (including phenoxy) is 2. The highest BCUT2D eigenvalue weighted by Crippen LogP contribution is 2.02. The number of hydrogen-bond donors (Lipinski definition) is 0. The Hall–Kier alpha value is -0.440. The van der Waals surface area contributed by atoms with Gasteiger partial charge in [0.15, 0.2) is 0 Å². The lowest BCUT2D eigenvalue weighted by Gasteiger charge is -1.90. The van der Waals surface area contributed by atoms with E-state index in [1.165, 1.54) is 0 Å². The normalized spacial score (nSPS) is 25.6. The minimum Gasteiger partial charge on any atom is -0.430 e. The van der Waals surface area contributed by atoms with Crippen molar-refractivity contribution in [1.29, 1.82) is 0 Å². The highest BCUT2D eigenvalue weighted by atomic mass is 35.5. The van der Waals surface area contributed by atoms with Gasteiger partial charge in [0.25, 0.3) is 0 Å². The Balaban J connectivity index is 0.000000490. The first-order valence-electron chi connectivity index (χ1n) is 2.12. The van der Waals surface area contributed by atoms with Gasteiger partial charge in [0.1, 0.15) is 12.7 Å². The van der Waals surface area contributed by atoms with Gasteiger partial charge in [-0.05, 0) is 6.92 Å². The van der Waals surface area contributed by atoms with E-state index in [1.54, 1.807) is 6.92 Å². The smallest absolute Gasteiger partial charge is 0.430 e. The van der Waals surface area contributed by atoms with Crippen LogP contribution in [0.25, 0.3) is 0 Å². The molecule has 3 nitrogen and oxygen atoms in total. The van der Waals surface area contributed by atoms with E-state index >= 15 is 0 Å². The Kier molecular flexibility index (Phi) is 2.62. The van der Waals surface area contributed by atoms with Crippen molar-refractivity contribution in [3.63, 3.8) is 0 Å². The van der Waals surface area contributed by atoms with E-state index in [4.69, 9.17) is 0 Å². The van der Waals surface area contributed by atoms with Gasteiger partial charge in [-0.25, -0.2) is 4.79 Å². The summed E-state index contributed by atoms with van der Waals surface area (Å²) in [5.74, 6) is 0. The number of carbonyl (C=O) groups is 1. The summed E-state index contributed by atoms with van der Waals surface area (Å²) >= 11 is 0. The van der Waals surface area contributed by atoms with Crippen LogP contribution in [0.1, 0.15) is 6.92 Å².